The van der Waals surface area contributed by atoms with E-state index < -0.39 is 0 Å². The van der Waals surface area contributed by atoms with Crippen LogP contribution in [0.15, 0.2) is 200 Å². The molecule has 6 nitrogen and oxygen atoms in total. The number of para-hydroxylation sites is 2. The maximum absolute atomic E-state index is 6.05. The van der Waals surface area contributed by atoms with Crippen LogP contribution in [-0.4, -0.2) is 13.4 Å². The molecule has 58 heavy (non-hydrogen) atoms. The van der Waals surface area contributed by atoms with E-state index in [2.05, 4.69) is 143 Å². The minimum Gasteiger partial charge on any atom is -0.464 e. The highest BCUT2D eigenvalue weighted by Gasteiger charge is 2.39. The van der Waals surface area contributed by atoms with Crippen molar-refractivity contribution in [3.8, 4) is 0 Å². The van der Waals surface area contributed by atoms with Crippen LogP contribution in [0.25, 0.3) is 43.9 Å². The summed E-state index contributed by atoms with van der Waals surface area (Å²) in [6, 6.07) is 56.6. The van der Waals surface area contributed by atoms with Gasteiger partial charge in [-0.25, -0.2) is 0 Å². The Balaban J connectivity index is 1.02. The van der Waals surface area contributed by atoms with Gasteiger partial charge in [-0.15, -0.1) is 0 Å². The van der Waals surface area contributed by atoms with Crippen LogP contribution in [0.5, 0.6) is 0 Å². The molecule has 8 heteroatoms. The van der Waals surface area contributed by atoms with Gasteiger partial charge in [0, 0.05) is 55.7 Å². The predicted octanol–water partition coefficient (Wildman–Crippen LogP) is 9.27. The van der Waals surface area contributed by atoms with E-state index in [1.54, 1.807) is 25.1 Å². The summed E-state index contributed by atoms with van der Waals surface area (Å²) in [7, 11) is 0. The number of benzene rings is 7. The molecule has 0 bridgehead atoms. The van der Waals surface area contributed by atoms with Crippen molar-refractivity contribution in [2.45, 2.75) is 0 Å². The van der Waals surface area contributed by atoms with Crippen LogP contribution in [0.4, 0.5) is 34.1 Å². The van der Waals surface area contributed by atoms with Crippen molar-refractivity contribution >= 4 is 124 Å². The SMILES string of the molecule is c1ccc(N2c3cc4ccoc4cc3B(c3ccc(B4c5cc6occc6cc5N(c5ccccc5)c5cc6ccoc6cc54)cc3)c3cc4occc4cc32)cc1. The molecule has 0 fully saturated rings. The van der Waals surface area contributed by atoms with Crippen LogP contribution in [0, 0.1) is 0 Å². The molecule has 0 saturated carbocycles. The van der Waals surface area contributed by atoms with Crippen LogP contribution in [0.1, 0.15) is 0 Å². The molecule has 0 saturated heterocycles. The summed E-state index contributed by atoms with van der Waals surface area (Å²) in [6.07, 6.45) is 7.11. The summed E-state index contributed by atoms with van der Waals surface area (Å²) in [6.45, 7) is -0.180. The predicted molar refractivity (Wildman–Crippen MR) is 237 cm³/mol. The number of fused-ring (bicyclic) bond motifs is 8. The Bertz CT molecular complexity index is 2990. The fourth-order valence-electron chi connectivity index (χ4n) is 9.66. The molecule has 4 aromatic heterocycles. The van der Waals surface area contributed by atoms with Crippen molar-refractivity contribution in [1.82, 2.24) is 0 Å². The van der Waals surface area contributed by atoms with Crippen molar-refractivity contribution in [2.75, 3.05) is 9.80 Å². The van der Waals surface area contributed by atoms with E-state index in [4.69, 9.17) is 17.7 Å². The lowest BCUT2D eigenvalue weighted by atomic mass is 9.33. The van der Waals surface area contributed by atoms with Gasteiger partial charge < -0.3 is 27.5 Å². The van der Waals surface area contributed by atoms with Crippen molar-refractivity contribution in [3.05, 3.63) is 183 Å². The average Bonchev–Trinajstić information content (AvgIpc) is 4.11. The minimum absolute atomic E-state index is 0.0898. The van der Waals surface area contributed by atoms with Gasteiger partial charge in [-0.1, -0.05) is 71.6 Å². The second kappa shape index (κ2) is 12.0. The third-order valence-corrected chi connectivity index (χ3v) is 12.2. The van der Waals surface area contributed by atoms with Crippen LogP contribution in [0.3, 0.4) is 0 Å². The number of furan rings is 4. The summed E-state index contributed by atoms with van der Waals surface area (Å²) in [5.41, 5.74) is 17.2. The Morgan fingerprint density at radius 3 is 0.897 bits per heavy atom. The molecule has 2 aliphatic heterocycles. The molecule has 11 aromatic rings. The molecule has 7 aromatic carbocycles. The molecule has 0 aliphatic carbocycles. The van der Waals surface area contributed by atoms with Crippen LogP contribution in [0.2, 0.25) is 0 Å². The van der Waals surface area contributed by atoms with E-state index in [1.807, 2.05) is 24.3 Å². The Morgan fingerprint density at radius 2 is 0.603 bits per heavy atom. The standard InChI is InChI=1S/C50H30B2N2O4/c1-3-7-37(8-4-1)53-43-23-31-15-19-55-47(31)27-39(43)51(40-28-48-32(16-20-56-48)24-44(40)53)35-11-13-36(14-12-35)52-41-29-49-33(17-21-57-49)25-45(41)54(38-9-5-2-6-10-38)46-26-34-18-22-58-50(34)30-42(46)52/h1-30H. The van der Waals surface area contributed by atoms with Gasteiger partial charge in [0.15, 0.2) is 0 Å². The maximum Gasteiger partial charge on any atom is 0.247 e. The third kappa shape index (κ3) is 4.57. The first kappa shape index (κ1) is 31.6. The molecule has 6 heterocycles. The minimum atomic E-state index is -0.0898. The Labute approximate surface area is 333 Å². The lowest BCUT2D eigenvalue weighted by molar-refractivity contribution is 0.615. The molecule has 0 unspecified atom stereocenters. The zero-order valence-electron chi connectivity index (χ0n) is 31.0. The first-order valence-electron chi connectivity index (χ1n) is 19.6. The van der Waals surface area contributed by atoms with Gasteiger partial charge in [-0.3, -0.25) is 0 Å². The van der Waals surface area contributed by atoms with Gasteiger partial charge in [0.2, 0.25) is 13.4 Å². The number of hydrogen-bond donors (Lipinski definition) is 0. The lowest BCUT2D eigenvalue weighted by Gasteiger charge is -2.37. The quantitative estimate of drug-likeness (QED) is 0.168. The van der Waals surface area contributed by atoms with Crippen molar-refractivity contribution in [3.63, 3.8) is 0 Å². The van der Waals surface area contributed by atoms with Gasteiger partial charge in [-0.05, 0) is 119 Å². The van der Waals surface area contributed by atoms with Crippen molar-refractivity contribution < 1.29 is 17.7 Å². The van der Waals surface area contributed by atoms with Crippen LogP contribution < -0.4 is 42.6 Å². The van der Waals surface area contributed by atoms with E-state index >= 15 is 0 Å². The molecule has 0 N–H and O–H groups in total. The van der Waals surface area contributed by atoms with Gasteiger partial charge in [0.05, 0.1) is 25.1 Å². The van der Waals surface area contributed by atoms with Crippen molar-refractivity contribution in [2.24, 2.45) is 0 Å². The highest BCUT2D eigenvalue weighted by Crippen LogP contribution is 2.41. The topological polar surface area (TPSA) is 59.0 Å². The van der Waals surface area contributed by atoms with E-state index in [0.29, 0.717) is 0 Å². The molecular formula is C50H30B2N2O4. The first-order valence-corrected chi connectivity index (χ1v) is 19.6. The number of nitrogens with zero attached hydrogens (tertiary/aromatic N) is 2. The molecule has 2 aliphatic rings. The number of hydrogen-bond acceptors (Lipinski definition) is 6. The second-order valence-corrected chi connectivity index (χ2v) is 15.4. The highest BCUT2D eigenvalue weighted by molar-refractivity contribution is 6.99. The van der Waals surface area contributed by atoms with Crippen LogP contribution >= 0.6 is 0 Å². The summed E-state index contributed by atoms with van der Waals surface area (Å²) < 4.78 is 24.2. The molecular weight excluding hydrogens is 714 g/mol. The Morgan fingerprint density at radius 1 is 0.310 bits per heavy atom. The number of anilines is 6. The summed E-state index contributed by atoms with van der Waals surface area (Å²) >= 11 is 0. The van der Waals surface area contributed by atoms with E-state index in [1.165, 1.54) is 32.8 Å². The fraction of sp³-hybridized carbons (Fsp3) is 0. The zero-order chi connectivity index (χ0) is 37.9. The van der Waals surface area contributed by atoms with Crippen molar-refractivity contribution in [1.29, 1.82) is 0 Å². The summed E-state index contributed by atoms with van der Waals surface area (Å²) in [5.74, 6) is 0. The normalized spacial score (nSPS) is 13.4. The van der Waals surface area contributed by atoms with E-state index in [-0.39, 0.29) is 13.4 Å². The van der Waals surface area contributed by atoms with E-state index in [0.717, 1.165) is 78.0 Å². The molecule has 0 amide bonds. The Hall–Kier alpha value is -7.57. The molecule has 13 rings (SSSR count). The monoisotopic (exact) mass is 744 g/mol. The first-order chi connectivity index (χ1) is 28.7. The van der Waals surface area contributed by atoms with Crippen LogP contribution in [-0.2, 0) is 0 Å². The fourth-order valence-corrected chi connectivity index (χ4v) is 9.66. The molecule has 0 radical (unpaired) electrons. The van der Waals surface area contributed by atoms with Gasteiger partial charge in [0.1, 0.15) is 22.3 Å². The molecule has 0 spiro atoms. The molecule has 0 atom stereocenters. The maximum atomic E-state index is 6.05. The van der Waals surface area contributed by atoms with E-state index in [9.17, 15) is 0 Å². The summed E-state index contributed by atoms with van der Waals surface area (Å²) in [4.78, 5) is 4.76. The lowest BCUT2D eigenvalue weighted by Crippen LogP contribution is -2.59. The van der Waals surface area contributed by atoms with Gasteiger partial charge in [0.25, 0.3) is 0 Å². The smallest absolute Gasteiger partial charge is 0.247 e. The van der Waals surface area contributed by atoms with Gasteiger partial charge in [-0.2, -0.15) is 0 Å². The third-order valence-electron chi connectivity index (χ3n) is 12.2. The largest absolute Gasteiger partial charge is 0.464 e. The number of rotatable bonds is 4. The molecule has 270 valence electrons. The highest BCUT2D eigenvalue weighted by atomic mass is 16.3. The zero-order valence-corrected chi connectivity index (χ0v) is 31.0. The van der Waals surface area contributed by atoms with Gasteiger partial charge >= 0.3 is 0 Å². The Kier molecular flexibility index (Phi) is 6.52. The second-order valence-electron chi connectivity index (χ2n) is 15.4. The summed E-state index contributed by atoms with van der Waals surface area (Å²) in [5, 5.41) is 4.27. The average molecular weight is 744 g/mol.